The van der Waals surface area contributed by atoms with Crippen molar-refractivity contribution in [3.8, 4) is 5.75 Å². The Hall–Kier alpha value is -4.48. The van der Waals surface area contributed by atoms with Gasteiger partial charge >= 0.3 is 6.03 Å². The number of aromatic nitrogens is 1. The van der Waals surface area contributed by atoms with Crippen molar-refractivity contribution in [3.05, 3.63) is 47.7 Å². The minimum atomic E-state index is -1.01. The number of carbonyl (C=O) groups is 5. The molecule has 12 nitrogen and oxygen atoms in total. The van der Waals surface area contributed by atoms with Crippen molar-refractivity contribution in [1.29, 1.82) is 0 Å². The predicted molar refractivity (Wildman–Crippen MR) is 129 cm³/mol. The van der Waals surface area contributed by atoms with E-state index < -0.39 is 35.7 Å². The predicted octanol–water partition coefficient (Wildman–Crippen LogP) is 1.51. The van der Waals surface area contributed by atoms with Crippen molar-refractivity contribution < 1.29 is 28.7 Å². The van der Waals surface area contributed by atoms with Crippen molar-refractivity contribution in [3.63, 3.8) is 0 Å². The molecule has 1 fully saturated rings. The number of imide groups is 2. The Balaban J connectivity index is 1.27. The average molecular weight is 495 g/mol. The van der Waals surface area contributed by atoms with Crippen LogP contribution in [-0.2, 0) is 9.59 Å². The molecule has 36 heavy (non-hydrogen) atoms. The molecule has 0 saturated carbocycles. The Morgan fingerprint density at radius 3 is 2.69 bits per heavy atom. The SMILES string of the molecule is COc1cccnc1NC(=O)NCCCCNc1cccc2c1C(=O)N(C1CCC(=O)NC1=O)C2=O. The minimum absolute atomic E-state index is 0.0659. The molecule has 4 N–H and O–H groups in total. The van der Waals surface area contributed by atoms with E-state index >= 15 is 0 Å². The summed E-state index contributed by atoms with van der Waals surface area (Å²) in [5.74, 6) is -1.39. The van der Waals surface area contributed by atoms with E-state index in [0.717, 1.165) is 4.90 Å². The molecule has 2 aromatic rings. The van der Waals surface area contributed by atoms with Crippen LogP contribution >= 0.6 is 0 Å². The third-order valence-corrected chi connectivity index (χ3v) is 5.90. The van der Waals surface area contributed by atoms with Crippen LogP contribution in [0.25, 0.3) is 0 Å². The molecule has 4 rings (SSSR count). The first-order valence-electron chi connectivity index (χ1n) is 11.5. The monoisotopic (exact) mass is 494 g/mol. The topological polar surface area (TPSA) is 159 Å². The van der Waals surface area contributed by atoms with E-state index in [2.05, 4.69) is 26.3 Å². The highest BCUT2D eigenvalue weighted by Crippen LogP contribution is 2.32. The number of ether oxygens (including phenoxy) is 1. The smallest absolute Gasteiger partial charge is 0.320 e. The molecule has 6 amide bonds. The summed E-state index contributed by atoms with van der Waals surface area (Å²) in [6, 6.07) is 6.89. The molecule has 0 aliphatic carbocycles. The average Bonchev–Trinajstić information content (AvgIpc) is 3.12. The van der Waals surface area contributed by atoms with Crippen molar-refractivity contribution >= 4 is 41.2 Å². The molecule has 2 aliphatic heterocycles. The molecule has 1 unspecified atom stereocenters. The molecule has 1 aromatic heterocycles. The fourth-order valence-electron chi connectivity index (χ4n) is 4.14. The summed E-state index contributed by atoms with van der Waals surface area (Å²) in [5, 5.41) is 10.7. The lowest BCUT2D eigenvalue weighted by Crippen LogP contribution is -2.54. The summed E-state index contributed by atoms with van der Waals surface area (Å²) in [7, 11) is 1.49. The number of rotatable bonds is 9. The van der Waals surface area contributed by atoms with Crippen LogP contribution < -0.4 is 26.0 Å². The number of anilines is 2. The van der Waals surface area contributed by atoms with Crippen LogP contribution in [0.2, 0.25) is 0 Å². The second-order valence-electron chi connectivity index (χ2n) is 8.24. The normalized spacial score (nSPS) is 16.9. The minimum Gasteiger partial charge on any atom is -0.493 e. The van der Waals surface area contributed by atoms with Crippen molar-refractivity contribution in [2.45, 2.75) is 31.7 Å². The number of methoxy groups -OCH3 is 1. The zero-order valence-electron chi connectivity index (χ0n) is 19.6. The molecular weight excluding hydrogens is 468 g/mol. The number of piperidine rings is 1. The first-order valence-corrected chi connectivity index (χ1v) is 11.5. The standard InChI is InChI=1S/C24H26N6O6/c1-36-17-8-5-13-26-20(17)29-24(35)27-12-3-2-11-25-15-7-4-6-14-19(15)23(34)30(22(14)33)16-9-10-18(31)28-21(16)32/h4-8,13,16,25H,2-3,9-12H2,1H3,(H,28,31,32)(H2,26,27,29,35). The molecule has 1 atom stereocenters. The number of hydrogen-bond acceptors (Lipinski definition) is 8. The quantitative estimate of drug-likeness (QED) is 0.302. The molecule has 12 heteroatoms. The van der Waals surface area contributed by atoms with Crippen LogP contribution in [0.15, 0.2) is 36.5 Å². The fourth-order valence-corrected chi connectivity index (χ4v) is 4.14. The Morgan fingerprint density at radius 2 is 1.92 bits per heavy atom. The largest absolute Gasteiger partial charge is 0.493 e. The Morgan fingerprint density at radius 1 is 1.11 bits per heavy atom. The highest BCUT2D eigenvalue weighted by molar-refractivity contribution is 6.25. The van der Waals surface area contributed by atoms with Crippen LogP contribution in [0.5, 0.6) is 5.75 Å². The van der Waals surface area contributed by atoms with E-state index in [1.54, 1.807) is 36.5 Å². The Kier molecular flexibility index (Phi) is 7.42. The molecule has 1 saturated heterocycles. The van der Waals surface area contributed by atoms with E-state index in [0.29, 0.717) is 43.2 Å². The van der Waals surface area contributed by atoms with E-state index in [4.69, 9.17) is 4.74 Å². The number of fused-ring (bicyclic) bond motifs is 1. The van der Waals surface area contributed by atoms with E-state index in [-0.39, 0.29) is 24.0 Å². The van der Waals surface area contributed by atoms with Crippen LogP contribution in [0.3, 0.4) is 0 Å². The van der Waals surface area contributed by atoms with Gasteiger partial charge in [0.05, 0.1) is 18.2 Å². The van der Waals surface area contributed by atoms with Crippen LogP contribution in [0.1, 0.15) is 46.4 Å². The lowest BCUT2D eigenvalue weighted by molar-refractivity contribution is -0.136. The van der Waals surface area contributed by atoms with Crippen LogP contribution in [-0.4, -0.2) is 65.8 Å². The molecule has 1 aromatic carbocycles. The summed E-state index contributed by atoms with van der Waals surface area (Å²) >= 11 is 0. The van der Waals surface area contributed by atoms with Crippen molar-refractivity contribution in [1.82, 2.24) is 20.5 Å². The number of benzene rings is 1. The number of hydrogen-bond donors (Lipinski definition) is 4. The summed E-state index contributed by atoms with van der Waals surface area (Å²) in [6.07, 6.45) is 3.05. The summed E-state index contributed by atoms with van der Waals surface area (Å²) in [6.45, 7) is 0.907. The lowest BCUT2D eigenvalue weighted by Gasteiger charge is -2.27. The van der Waals surface area contributed by atoms with Gasteiger partial charge < -0.3 is 15.4 Å². The molecule has 188 valence electrons. The number of carbonyl (C=O) groups excluding carboxylic acids is 5. The number of nitrogens with zero attached hydrogens (tertiary/aromatic N) is 2. The van der Waals surface area contributed by atoms with Crippen LogP contribution in [0, 0.1) is 0 Å². The first kappa shape index (κ1) is 24.6. The summed E-state index contributed by atoms with van der Waals surface area (Å²) < 4.78 is 5.15. The number of nitrogens with one attached hydrogen (secondary N) is 4. The number of unbranched alkanes of at least 4 members (excludes halogenated alkanes) is 1. The van der Waals surface area contributed by atoms with Gasteiger partial charge in [0.2, 0.25) is 11.8 Å². The number of amides is 6. The van der Waals surface area contributed by atoms with Gasteiger partial charge in [-0.25, -0.2) is 9.78 Å². The maximum atomic E-state index is 13.1. The summed E-state index contributed by atoms with van der Waals surface area (Å²) in [5.41, 5.74) is 0.931. The second kappa shape index (κ2) is 10.8. The van der Waals surface area contributed by atoms with Gasteiger partial charge in [-0.1, -0.05) is 6.07 Å². The van der Waals surface area contributed by atoms with Gasteiger partial charge in [-0.05, 0) is 43.5 Å². The van der Waals surface area contributed by atoms with Gasteiger partial charge in [0.15, 0.2) is 11.6 Å². The molecule has 2 aliphatic rings. The highest BCUT2D eigenvalue weighted by Gasteiger charge is 2.45. The fraction of sp³-hybridized carbons (Fsp3) is 0.333. The molecule has 0 spiro atoms. The van der Waals surface area contributed by atoms with Crippen LogP contribution in [0.4, 0.5) is 16.3 Å². The van der Waals surface area contributed by atoms with Gasteiger partial charge in [-0.3, -0.25) is 34.7 Å². The summed E-state index contributed by atoms with van der Waals surface area (Å²) in [4.78, 5) is 66.7. The second-order valence-corrected chi connectivity index (χ2v) is 8.24. The molecular formula is C24H26N6O6. The zero-order chi connectivity index (χ0) is 25.7. The Labute approximate surface area is 206 Å². The van der Waals surface area contributed by atoms with Gasteiger partial charge in [0, 0.05) is 31.4 Å². The van der Waals surface area contributed by atoms with Crippen molar-refractivity contribution in [2.24, 2.45) is 0 Å². The molecule has 0 bridgehead atoms. The van der Waals surface area contributed by atoms with E-state index in [1.165, 1.54) is 7.11 Å². The van der Waals surface area contributed by atoms with E-state index in [1.807, 2.05) is 0 Å². The van der Waals surface area contributed by atoms with Gasteiger partial charge in [0.25, 0.3) is 11.8 Å². The van der Waals surface area contributed by atoms with Crippen molar-refractivity contribution in [2.75, 3.05) is 30.8 Å². The van der Waals surface area contributed by atoms with Gasteiger partial charge in [0.1, 0.15) is 6.04 Å². The maximum Gasteiger partial charge on any atom is 0.320 e. The third-order valence-electron chi connectivity index (χ3n) is 5.90. The highest BCUT2D eigenvalue weighted by atomic mass is 16.5. The van der Waals surface area contributed by atoms with Gasteiger partial charge in [-0.2, -0.15) is 0 Å². The number of urea groups is 1. The molecule has 0 radical (unpaired) electrons. The zero-order valence-corrected chi connectivity index (χ0v) is 19.6. The maximum absolute atomic E-state index is 13.1. The number of pyridine rings is 1. The first-order chi connectivity index (χ1) is 17.4. The van der Waals surface area contributed by atoms with Gasteiger partial charge in [-0.15, -0.1) is 0 Å². The Bertz CT molecular complexity index is 1220. The van der Waals surface area contributed by atoms with E-state index in [9.17, 15) is 24.0 Å². The lowest BCUT2D eigenvalue weighted by atomic mass is 10.0. The molecule has 3 heterocycles. The third kappa shape index (κ3) is 5.11.